The number of tetrazole rings is 1. The van der Waals surface area contributed by atoms with Crippen molar-refractivity contribution < 1.29 is 42.3 Å². The molecular weight excluding hydrogens is 719 g/mol. The fourth-order valence-electron chi connectivity index (χ4n) is 3.20. The second-order valence-corrected chi connectivity index (χ2v) is 7.94. The molecule has 1 radical (unpaired) electrons. The summed E-state index contributed by atoms with van der Waals surface area (Å²) in [7, 11) is 3.69. The molecule has 0 atom stereocenters. The van der Waals surface area contributed by atoms with Crippen LogP contribution in [0, 0.1) is 42.4 Å². The maximum absolute atomic E-state index is 13.3. The Morgan fingerprint density at radius 2 is 1.59 bits per heavy atom. The molecule has 213 valence electrons. The first-order valence-electron chi connectivity index (χ1n) is 11.6. The SMILES string of the molecule is Fc1c[c-]c(Cn2cccn2)c(F)c1.[CH2-][n+]1cccn1Cc1[c-]cc(F)cc1F.[Ir].c1ccc(-c2nnn[n-]2)nc1. The number of aromatic nitrogens is 9. The van der Waals surface area contributed by atoms with E-state index in [1.807, 2.05) is 12.1 Å². The number of pyridine rings is 1. The maximum atomic E-state index is 13.3. The van der Waals surface area contributed by atoms with E-state index in [9.17, 15) is 17.6 Å². The van der Waals surface area contributed by atoms with Crippen LogP contribution in [0.2, 0.25) is 0 Å². The van der Waals surface area contributed by atoms with Crippen molar-refractivity contribution in [3.05, 3.63) is 139 Å². The van der Waals surface area contributed by atoms with Crippen molar-refractivity contribution in [3.63, 3.8) is 0 Å². The van der Waals surface area contributed by atoms with Gasteiger partial charge in [0.05, 0.1) is 24.3 Å². The molecule has 0 saturated carbocycles. The van der Waals surface area contributed by atoms with Crippen LogP contribution in [0.15, 0.2) is 85.6 Å². The second kappa shape index (κ2) is 15.2. The van der Waals surface area contributed by atoms with Gasteiger partial charge in [0.2, 0.25) is 0 Å². The summed E-state index contributed by atoms with van der Waals surface area (Å²) in [6.45, 7) is 0.543. The summed E-state index contributed by atoms with van der Waals surface area (Å²) in [5.74, 6) is -1.97. The number of hydrogen-bond donors (Lipinski definition) is 0. The summed E-state index contributed by atoms with van der Waals surface area (Å²) in [5.41, 5.74) is 1.30. The number of benzene rings is 2. The summed E-state index contributed by atoms with van der Waals surface area (Å²) in [4.78, 5) is 4.02. The first-order valence-corrected chi connectivity index (χ1v) is 11.6. The zero-order valence-corrected chi connectivity index (χ0v) is 23.5. The molecule has 0 N–H and O–H groups in total. The third-order valence-electron chi connectivity index (χ3n) is 5.13. The van der Waals surface area contributed by atoms with Crippen molar-refractivity contribution in [3.8, 4) is 11.5 Å². The predicted molar refractivity (Wildman–Crippen MR) is 133 cm³/mol. The molecule has 0 aliphatic heterocycles. The maximum Gasteiger partial charge on any atom is 0.0802 e. The van der Waals surface area contributed by atoms with Crippen molar-refractivity contribution in [1.82, 2.24) is 40.1 Å². The van der Waals surface area contributed by atoms with E-state index in [2.05, 4.69) is 49.9 Å². The molecule has 0 bridgehead atoms. The van der Waals surface area contributed by atoms with E-state index in [4.69, 9.17) is 0 Å². The van der Waals surface area contributed by atoms with Crippen LogP contribution in [0.5, 0.6) is 0 Å². The number of halogens is 4. The summed E-state index contributed by atoms with van der Waals surface area (Å²) < 4.78 is 56.3. The van der Waals surface area contributed by atoms with Crippen LogP contribution in [0.25, 0.3) is 11.5 Å². The van der Waals surface area contributed by atoms with Crippen LogP contribution in [0.1, 0.15) is 11.1 Å². The van der Waals surface area contributed by atoms with Gasteiger partial charge in [-0.25, -0.2) is 4.68 Å². The van der Waals surface area contributed by atoms with E-state index in [1.54, 1.807) is 63.2 Å². The largest absolute Gasteiger partial charge is 0.329 e. The van der Waals surface area contributed by atoms with Crippen LogP contribution < -0.4 is 9.78 Å². The van der Waals surface area contributed by atoms with E-state index in [-0.39, 0.29) is 33.2 Å². The topological polar surface area (TPSA) is 92.3 Å². The second-order valence-electron chi connectivity index (χ2n) is 7.94. The Labute approximate surface area is 245 Å². The molecule has 9 nitrogen and oxygen atoms in total. The van der Waals surface area contributed by atoms with E-state index in [0.29, 0.717) is 22.6 Å². The molecule has 0 spiro atoms. The van der Waals surface area contributed by atoms with E-state index in [1.165, 1.54) is 0 Å². The Bertz CT molecular complexity index is 1610. The minimum absolute atomic E-state index is 0. The number of rotatable bonds is 5. The summed E-state index contributed by atoms with van der Waals surface area (Å²) in [6, 6.07) is 18.0. The molecule has 14 heteroatoms. The van der Waals surface area contributed by atoms with Gasteiger partial charge in [-0.15, -0.1) is 35.4 Å². The monoisotopic (exact) mass is 739 g/mol. The van der Waals surface area contributed by atoms with Crippen molar-refractivity contribution in [2.24, 2.45) is 0 Å². The minimum Gasteiger partial charge on any atom is -0.329 e. The standard InChI is InChI=1S/C11H9F2N2.C10H7F2N2.C6H4N5.Ir/c1-14-5-2-6-15(14)8-9-3-4-10(12)7-11(9)13;11-9-3-2-8(10(12)6-9)7-14-5-1-4-13-14;1-2-4-7-5(3-1)6-8-10-11-9-6;/h2,4-7H,1,8H2;1,3-6H,7H2;1-4H;/q3*-1;. The van der Waals surface area contributed by atoms with E-state index < -0.39 is 23.3 Å². The van der Waals surface area contributed by atoms with Gasteiger partial charge in [-0.3, -0.25) is 37.5 Å². The van der Waals surface area contributed by atoms with Crippen molar-refractivity contribution >= 4 is 0 Å². The smallest absolute Gasteiger partial charge is 0.0802 e. The van der Waals surface area contributed by atoms with Crippen LogP contribution in [-0.2, 0) is 33.2 Å². The minimum atomic E-state index is -0.619. The van der Waals surface area contributed by atoms with Gasteiger partial charge in [-0.1, -0.05) is 12.1 Å². The van der Waals surface area contributed by atoms with Gasteiger partial charge in [0.25, 0.3) is 0 Å². The molecule has 0 unspecified atom stereocenters. The van der Waals surface area contributed by atoms with Gasteiger partial charge in [0.15, 0.2) is 0 Å². The van der Waals surface area contributed by atoms with Gasteiger partial charge in [0, 0.05) is 81.8 Å². The molecule has 6 aromatic rings. The van der Waals surface area contributed by atoms with Crippen molar-refractivity contribution in [2.75, 3.05) is 0 Å². The summed E-state index contributed by atoms with van der Waals surface area (Å²) >= 11 is 0. The third-order valence-corrected chi connectivity index (χ3v) is 5.13. The van der Waals surface area contributed by atoms with Crippen molar-refractivity contribution in [2.45, 2.75) is 13.1 Å². The van der Waals surface area contributed by atoms with Crippen LogP contribution in [-0.4, -0.2) is 35.0 Å². The quantitative estimate of drug-likeness (QED) is 0.153. The average molecular weight is 739 g/mol. The van der Waals surface area contributed by atoms with Crippen LogP contribution >= 0.6 is 0 Å². The predicted octanol–water partition coefficient (Wildman–Crippen LogP) is 3.44. The Kier molecular flexibility index (Phi) is 11.4. The molecular formula is C27H20F4IrN9-3. The average Bonchev–Trinajstić information content (AvgIpc) is 3.73. The van der Waals surface area contributed by atoms with Gasteiger partial charge in [-0.2, -0.15) is 27.1 Å². The molecule has 4 aromatic heterocycles. The molecule has 0 fully saturated rings. The first-order chi connectivity index (χ1) is 19.4. The van der Waals surface area contributed by atoms with E-state index in [0.717, 1.165) is 24.3 Å². The Morgan fingerprint density at radius 1 is 0.878 bits per heavy atom. The zero-order chi connectivity index (χ0) is 28.3. The molecule has 2 aromatic carbocycles. The Balaban J connectivity index is 0.000000169. The zero-order valence-electron chi connectivity index (χ0n) is 21.1. The van der Waals surface area contributed by atoms with Gasteiger partial charge in [-0.05, 0) is 18.2 Å². The molecule has 0 amide bonds. The van der Waals surface area contributed by atoms with Gasteiger partial charge >= 0.3 is 0 Å². The fourth-order valence-corrected chi connectivity index (χ4v) is 3.20. The van der Waals surface area contributed by atoms with Gasteiger partial charge in [0.1, 0.15) is 0 Å². The number of hydrogen-bond acceptors (Lipinski definition) is 5. The summed E-state index contributed by atoms with van der Waals surface area (Å²) in [5, 5.41) is 17.9. The van der Waals surface area contributed by atoms with Crippen LogP contribution in [0.4, 0.5) is 17.6 Å². The molecule has 4 heterocycles. The van der Waals surface area contributed by atoms with E-state index >= 15 is 0 Å². The first kappa shape index (κ1) is 30.9. The molecule has 41 heavy (non-hydrogen) atoms. The Hall–Kier alpha value is -4.68. The molecule has 6 rings (SSSR count). The van der Waals surface area contributed by atoms with Crippen LogP contribution in [0.3, 0.4) is 0 Å². The Morgan fingerprint density at radius 3 is 2.10 bits per heavy atom. The molecule has 0 aliphatic carbocycles. The molecule has 0 aliphatic rings. The third kappa shape index (κ3) is 9.19. The molecule has 0 saturated heterocycles. The van der Waals surface area contributed by atoms with Crippen molar-refractivity contribution in [1.29, 1.82) is 0 Å². The van der Waals surface area contributed by atoms with Gasteiger partial charge < -0.3 is 5.10 Å². The normalized spacial score (nSPS) is 10.0. The summed E-state index contributed by atoms with van der Waals surface area (Å²) in [6.07, 6.45) is 8.47. The fraction of sp³-hybridized carbons (Fsp3) is 0.0741. The number of nitrogens with zero attached hydrogens (tertiary/aromatic N) is 9.